The van der Waals surface area contributed by atoms with Gasteiger partial charge in [-0.2, -0.15) is 0 Å². The first kappa shape index (κ1) is 8.34. The summed E-state index contributed by atoms with van der Waals surface area (Å²) < 4.78 is 2.70. The molecule has 0 saturated heterocycles. The molecule has 72 valence electrons. The first-order valence-electron chi connectivity index (χ1n) is 4.54. The molecule has 1 heterocycles. The number of aromatic nitrogens is 3. The van der Waals surface area contributed by atoms with Crippen molar-refractivity contribution in [1.82, 2.24) is 14.3 Å². The lowest BCUT2D eigenvalue weighted by molar-refractivity contribution is 0.503. The molecule has 0 unspecified atom stereocenters. The number of nitrogens with zero attached hydrogens (tertiary/aromatic N) is 2. The van der Waals surface area contributed by atoms with E-state index < -0.39 is 0 Å². The third kappa shape index (κ3) is 1.24. The Balaban J connectivity index is 2.57. The van der Waals surface area contributed by atoms with Crippen LogP contribution < -0.4 is 11.4 Å². The van der Waals surface area contributed by atoms with Gasteiger partial charge in [0.15, 0.2) is 0 Å². The van der Waals surface area contributed by atoms with E-state index in [9.17, 15) is 9.59 Å². The normalized spacial score (nSPS) is 16.8. The molecule has 0 spiro atoms. The average Bonchev–Trinajstić information content (AvgIpc) is 2.80. The molecule has 1 aromatic rings. The zero-order valence-corrected chi connectivity index (χ0v) is 7.78. The van der Waals surface area contributed by atoms with Gasteiger partial charge < -0.3 is 0 Å². The Bertz CT molecular complexity index is 419. The number of H-pyrrole nitrogens is 1. The summed E-state index contributed by atoms with van der Waals surface area (Å²) in [7, 11) is 0. The fourth-order valence-corrected chi connectivity index (χ4v) is 1.41. The minimum Gasteiger partial charge on any atom is -0.246 e. The van der Waals surface area contributed by atoms with Gasteiger partial charge >= 0.3 is 11.4 Å². The van der Waals surface area contributed by atoms with E-state index in [2.05, 4.69) is 5.10 Å². The Morgan fingerprint density at radius 2 is 2.00 bits per heavy atom. The maximum Gasteiger partial charge on any atom is 0.347 e. The molecule has 13 heavy (non-hydrogen) atoms. The van der Waals surface area contributed by atoms with Crippen molar-refractivity contribution in [3.8, 4) is 0 Å². The van der Waals surface area contributed by atoms with Crippen molar-refractivity contribution in [3.63, 3.8) is 0 Å². The third-order valence-electron chi connectivity index (χ3n) is 2.28. The van der Waals surface area contributed by atoms with Gasteiger partial charge in [-0.25, -0.2) is 23.9 Å². The van der Waals surface area contributed by atoms with E-state index >= 15 is 0 Å². The van der Waals surface area contributed by atoms with Gasteiger partial charge in [-0.3, -0.25) is 0 Å². The standard InChI is InChI=1S/C8H13N3O2/c1-5(2)11-8(13)10(6-3-4-6)7(12)9-11/h5-6H,3-4H2,1-2H3,(H,9,12). The van der Waals surface area contributed by atoms with Crippen LogP contribution in [0.25, 0.3) is 0 Å². The molecule has 1 N–H and O–H groups in total. The lowest BCUT2D eigenvalue weighted by atomic mass is 10.4. The van der Waals surface area contributed by atoms with Crippen LogP contribution in [0.15, 0.2) is 9.59 Å². The molecule has 2 rings (SSSR count). The minimum atomic E-state index is -0.277. The van der Waals surface area contributed by atoms with Crippen molar-refractivity contribution in [2.24, 2.45) is 0 Å². The molecule has 1 fully saturated rings. The summed E-state index contributed by atoms with van der Waals surface area (Å²) in [6.45, 7) is 3.74. The lowest BCUT2D eigenvalue weighted by Gasteiger charge is -2.02. The number of aromatic amines is 1. The summed E-state index contributed by atoms with van der Waals surface area (Å²) in [5.74, 6) is 0. The molecule has 0 aliphatic heterocycles. The van der Waals surface area contributed by atoms with Gasteiger partial charge in [-0.05, 0) is 26.7 Å². The summed E-state index contributed by atoms with van der Waals surface area (Å²) in [6.07, 6.45) is 1.90. The topological polar surface area (TPSA) is 59.8 Å². The van der Waals surface area contributed by atoms with Crippen LogP contribution in [-0.4, -0.2) is 14.3 Å². The zero-order chi connectivity index (χ0) is 9.59. The highest BCUT2D eigenvalue weighted by Crippen LogP contribution is 2.31. The Labute approximate surface area is 75.0 Å². The van der Waals surface area contributed by atoms with Crippen LogP contribution in [-0.2, 0) is 0 Å². The SMILES string of the molecule is CC(C)n1[nH]c(=O)n(C2CC2)c1=O. The van der Waals surface area contributed by atoms with Gasteiger partial charge in [0, 0.05) is 12.1 Å². The van der Waals surface area contributed by atoms with Crippen LogP contribution in [0.4, 0.5) is 0 Å². The first-order chi connectivity index (χ1) is 6.11. The predicted octanol–water partition coefficient (Wildman–Crippen LogP) is 0.254. The van der Waals surface area contributed by atoms with Crippen LogP contribution in [0.3, 0.4) is 0 Å². The molecular weight excluding hydrogens is 170 g/mol. The molecular formula is C8H13N3O2. The average molecular weight is 183 g/mol. The van der Waals surface area contributed by atoms with Crippen molar-refractivity contribution >= 4 is 0 Å². The van der Waals surface area contributed by atoms with Crippen molar-refractivity contribution in [3.05, 3.63) is 21.0 Å². The molecule has 1 aromatic heterocycles. The van der Waals surface area contributed by atoms with Gasteiger partial charge in [0.05, 0.1) is 0 Å². The van der Waals surface area contributed by atoms with E-state index in [1.807, 2.05) is 13.8 Å². The van der Waals surface area contributed by atoms with Crippen LogP contribution >= 0.6 is 0 Å². The summed E-state index contributed by atoms with van der Waals surface area (Å²) in [6, 6.07) is 0.163. The molecule has 0 radical (unpaired) electrons. The first-order valence-corrected chi connectivity index (χ1v) is 4.54. The van der Waals surface area contributed by atoms with Crippen molar-refractivity contribution < 1.29 is 0 Å². The molecule has 5 heteroatoms. The maximum atomic E-state index is 11.6. The number of nitrogens with one attached hydrogen (secondary N) is 1. The fraction of sp³-hybridized carbons (Fsp3) is 0.750. The third-order valence-corrected chi connectivity index (χ3v) is 2.28. The molecule has 0 amide bonds. The van der Waals surface area contributed by atoms with Crippen LogP contribution in [0.5, 0.6) is 0 Å². The van der Waals surface area contributed by atoms with E-state index in [-0.39, 0.29) is 23.5 Å². The number of rotatable bonds is 2. The smallest absolute Gasteiger partial charge is 0.246 e. The lowest BCUT2D eigenvalue weighted by Crippen LogP contribution is -2.28. The molecule has 0 atom stereocenters. The van der Waals surface area contributed by atoms with Crippen LogP contribution in [0.1, 0.15) is 38.8 Å². The number of hydrogen-bond acceptors (Lipinski definition) is 2. The Kier molecular flexibility index (Phi) is 1.68. The Morgan fingerprint density at radius 1 is 1.38 bits per heavy atom. The monoisotopic (exact) mass is 183 g/mol. The quantitative estimate of drug-likeness (QED) is 0.714. The number of hydrogen-bond donors (Lipinski definition) is 1. The van der Waals surface area contributed by atoms with Gasteiger partial charge in [-0.15, -0.1) is 0 Å². The van der Waals surface area contributed by atoms with Crippen LogP contribution in [0, 0.1) is 0 Å². The van der Waals surface area contributed by atoms with Gasteiger partial charge in [0.2, 0.25) is 0 Å². The molecule has 1 aliphatic carbocycles. The predicted molar refractivity (Wildman–Crippen MR) is 48.0 cm³/mol. The Morgan fingerprint density at radius 3 is 2.38 bits per heavy atom. The summed E-state index contributed by atoms with van der Waals surface area (Å²) in [5, 5.41) is 2.55. The van der Waals surface area contributed by atoms with Crippen molar-refractivity contribution in [2.45, 2.75) is 38.8 Å². The molecule has 1 aliphatic rings. The summed E-state index contributed by atoms with van der Waals surface area (Å²) in [5.41, 5.74) is -0.483. The van der Waals surface area contributed by atoms with E-state index in [0.29, 0.717) is 0 Å². The van der Waals surface area contributed by atoms with E-state index in [1.165, 1.54) is 9.25 Å². The highest BCUT2D eigenvalue weighted by molar-refractivity contribution is 4.86. The zero-order valence-electron chi connectivity index (χ0n) is 7.78. The second-order valence-corrected chi connectivity index (χ2v) is 3.76. The highest BCUT2D eigenvalue weighted by atomic mass is 16.2. The molecule has 5 nitrogen and oxygen atoms in total. The molecule has 1 saturated carbocycles. The van der Waals surface area contributed by atoms with Crippen molar-refractivity contribution in [2.75, 3.05) is 0 Å². The van der Waals surface area contributed by atoms with Gasteiger partial charge in [-0.1, -0.05) is 0 Å². The molecule has 0 bridgehead atoms. The van der Waals surface area contributed by atoms with E-state index in [4.69, 9.17) is 0 Å². The summed E-state index contributed by atoms with van der Waals surface area (Å²) in [4.78, 5) is 22.9. The largest absolute Gasteiger partial charge is 0.347 e. The van der Waals surface area contributed by atoms with Gasteiger partial charge in [0.25, 0.3) is 0 Å². The molecule has 0 aromatic carbocycles. The second-order valence-electron chi connectivity index (χ2n) is 3.76. The fourth-order valence-electron chi connectivity index (χ4n) is 1.41. The minimum absolute atomic E-state index is 0.0141. The maximum absolute atomic E-state index is 11.6. The van der Waals surface area contributed by atoms with Crippen LogP contribution in [0.2, 0.25) is 0 Å². The van der Waals surface area contributed by atoms with Gasteiger partial charge in [0.1, 0.15) is 0 Å². The van der Waals surface area contributed by atoms with E-state index in [0.717, 1.165) is 12.8 Å². The highest BCUT2D eigenvalue weighted by Gasteiger charge is 2.28. The Hall–Kier alpha value is -1.26. The van der Waals surface area contributed by atoms with E-state index in [1.54, 1.807) is 0 Å². The summed E-state index contributed by atoms with van der Waals surface area (Å²) >= 11 is 0. The van der Waals surface area contributed by atoms with Crippen molar-refractivity contribution in [1.29, 1.82) is 0 Å². The second kappa shape index (κ2) is 2.61.